The molecular weight excluding hydrogens is 230 g/mol. The molecule has 2 aromatic rings. The molecule has 4 heteroatoms. The molecule has 17 heavy (non-hydrogen) atoms. The second kappa shape index (κ2) is 5.47. The van der Waals surface area contributed by atoms with Gasteiger partial charge in [0.1, 0.15) is 5.82 Å². The number of thiophene rings is 1. The molecule has 0 saturated heterocycles. The minimum atomic E-state index is 0.209. The molecule has 0 aromatic carbocycles. The van der Waals surface area contributed by atoms with Gasteiger partial charge in [-0.1, -0.05) is 6.92 Å². The van der Waals surface area contributed by atoms with Gasteiger partial charge in [0.2, 0.25) is 0 Å². The summed E-state index contributed by atoms with van der Waals surface area (Å²) in [5.41, 5.74) is 2.68. The Kier molecular flexibility index (Phi) is 3.97. The molecule has 3 nitrogen and oxygen atoms in total. The number of aromatic nitrogens is 2. The minimum absolute atomic E-state index is 0.209. The number of imidazole rings is 1. The lowest BCUT2D eigenvalue weighted by molar-refractivity contribution is 0.558. The van der Waals surface area contributed by atoms with Crippen LogP contribution in [0.4, 0.5) is 0 Å². The molecule has 0 aliphatic heterocycles. The highest BCUT2D eigenvalue weighted by Crippen LogP contribution is 2.26. The number of nitrogens with one attached hydrogen (secondary N) is 1. The number of rotatable bonds is 5. The molecule has 2 aromatic heterocycles. The summed E-state index contributed by atoms with van der Waals surface area (Å²) in [5, 5.41) is 7.94. The molecule has 0 bridgehead atoms. The van der Waals surface area contributed by atoms with E-state index in [0.29, 0.717) is 0 Å². The third-order valence-corrected chi connectivity index (χ3v) is 3.84. The van der Waals surface area contributed by atoms with Crippen LogP contribution >= 0.6 is 11.3 Å². The van der Waals surface area contributed by atoms with E-state index in [4.69, 9.17) is 0 Å². The van der Waals surface area contributed by atoms with E-state index >= 15 is 0 Å². The summed E-state index contributed by atoms with van der Waals surface area (Å²) in [4.78, 5) is 4.51. The molecular formula is C13H19N3S. The fraction of sp³-hybridized carbons (Fsp3) is 0.462. The number of aryl methyl sites for hydroxylation is 2. The van der Waals surface area contributed by atoms with Crippen molar-refractivity contribution in [3.8, 4) is 0 Å². The maximum absolute atomic E-state index is 4.51. The van der Waals surface area contributed by atoms with E-state index in [1.165, 1.54) is 11.1 Å². The maximum atomic E-state index is 4.51. The van der Waals surface area contributed by atoms with E-state index in [9.17, 15) is 0 Å². The Bertz CT molecular complexity index is 472. The van der Waals surface area contributed by atoms with Gasteiger partial charge in [-0.2, -0.15) is 11.3 Å². The molecule has 0 aliphatic carbocycles. The molecule has 1 atom stereocenters. The van der Waals surface area contributed by atoms with Crippen molar-refractivity contribution in [2.45, 2.75) is 33.4 Å². The zero-order valence-corrected chi connectivity index (χ0v) is 11.4. The first-order chi connectivity index (χ1) is 8.27. The first kappa shape index (κ1) is 12.3. The van der Waals surface area contributed by atoms with Crippen LogP contribution in [0, 0.1) is 6.92 Å². The second-order valence-corrected chi connectivity index (χ2v) is 4.82. The number of nitrogens with zero attached hydrogens (tertiary/aromatic N) is 2. The smallest absolute Gasteiger partial charge is 0.130 e. The van der Waals surface area contributed by atoms with Crippen molar-refractivity contribution in [2.24, 2.45) is 0 Å². The predicted octanol–water partition coefficient (Wildman–Crippen LogP) is 2.97. The third-order valence-electron chi connectivity index (χ3n) is 2.96. The van der Waals surface area contributed by atoms with Gasteiger partial charge in [0.25, 0.3) is 0 Å². The van der Waals surface area contributed by atoms with Crippen molar-refractivity contribution in [3.05, 3.63) is 40.1 Å². The van der Waals surface area contributed by atoms with Gasteiger partial charge >= 0.3 is 0 Å². The lowest BCUT2D eigenvalue weighted by Crippen LogP contribution is -2.25. The Balaban J connectivity index is 2.39. The Labute approximate surface area is 107 Å². The molecule has 1 N–H and O–H groups in total. The normalized spacial score (nSPS) is 12.9. The van der Waals surface area contributed by atoms with E-state index in [1.54, 1.807) is 11.3 Å². The Hall–Kier alpha value is -1.13. The lowest BCUT2D eigenvalue weighted by Gasteiger charge is -2.18. The SMILES string of the molecule is CCNC(c1cscc1C)c1nccn1CC. The van der Waals surface area contributed by atoms with Gasteiger partial charge in [0, 0.05) is 18.9 Å². The lowest BCUT2D eigenvalue weighted by atomic mass is 10.1. The second-order valence-electron chi connectivity index (χ2n) is 4.07. The summed E-state index contributed by atoms with van der Waals surface area (Å²) in [7, 11) is 0. The first-order valence-electron chi connectivity index (χ1n) is 6.05. The van der Waals surface area contributed by atoms with Crippen molar-refractivity contribution >= 4 is 11.3 Å². The van der Waals surface area contributed by atoms with Crippen molar-refractivity contribution < 1.29 is 0 Å². The van der Waals surface area contributed by atoms with Gasteiger partial charge < -0.3 is 9.88 Å². The molecule has 0 fully saturated rings. The topological polar surface area (TPSA) is 29.9 Å². The van der Waals surface area contributed by atoms with Gasteiger partial charge in [-0.15, -0.1) is 0 Å². The summed E-state index contributed by atoms with van der Waals surface area (Å²) in [5.74, 6) is 1.11. The van der Waals surface area contributed by atoms with Crippen LogP contribution in [0.1, 0.15) is 36.8 Å². The molecule has 0 spiro atoms. The summed E-state index contributed by atoms with van der Waals surface area (Å²) < 4.78 is 2.20. The molecule has 0 radical (unpaired) electrons. The van der Waals surface area contributed by atoms with E-state index in [-0.39, 0.29) is 6.04 Å². The van der Waals surface area contributed by atoms with Crippen LogP contribution in [0.3, 0.4) is 0 Å². The van der Waals surface area contributed by atoms with Crippen LogP contribution in [0.15, 0.2) is 23.2 Å². The highest BCUT2D eigenvalue weighted by molar-refractivity contribution is 7.08. The predicted molar refractivity (Wildman–Crippen MR) is 72.5 cm³/mol. The largest absolute Gasteiger partial charge is 0.334 e. The highest BCUT2D eigenvalue weighted by Gasteiger charge is 2.19. The van der Waals surface area contributed by atoms with E-state index in [0.717, 1.165) is 18.9 Å². The molecule has 92 valence electrons. The zero-order chi connectivity index (χ0) is 12.3. The average Bonchev–Trinajstić information content (AvgIpc) is 2.94. The summed E-state index contributed by atoms with van der Waals surface area (Å²) in [6.07, 6.45) is 3.92. The Morgan fingerprint density at radius 1 is 1.41 bits per heavy atom. The molecule has 1 unspecified atom stereocenters. The van der Waals surface area contributed by atoms with Gasteiger partial charge in [-0.05, 0) is 42.3 Å². The zero-order valence-electron chi connectivity index (χ0n) is 10.6. The van der Waals surface area contributed by atoms with E-state index in [2.05, 4.69) is 46.4 Å². The number of hydrogen-bond acceptors (Lipinski definition) is 3. The Morgan fingerprint density at radius 3 is 2.82 bits per heavy atom. The van der Waals surface area contributed by atoms with Crippen LogP contribution < -0.4 is 5.32 Å². The maximum Gasteiger partial charge on any atom is 0.130 e. The molecule has 2 rings (SSSR count). The third kappa shape index (κ3) is 2.42. The quantitative estimate of drug-likeness (QED) is 0.883. The van der Waals surface area contributed by atoms with Gasteiger partial charge in [-0.25, -0.2) is 4.98 Å². The number of hydrogen-bond donors (Lipinski definition) is 1. The molecule has 0 amide bonds. The molecule has 2 heterocycles. The fourth-order valence-corrected chi connectivity index (χ4v) is 2.94. The van der Waals surface area contributed by atoms with Gasteiger partial charge in [0.15, 0.2) is 0 Å². The van der Waals surface area contributed by atoms with Crippen LogP contribution in [-0.2, 0) is 6.54 Å². The van der Waals surface area contributed by atoms with Crippen LogP contribution in [0.5, 0.6) is 0 Å². The van der Waals surface area contributed by atoms with Gasteiger partial charge in [0.05, 0.1) is 6.04 Å². The van der Waals surface area contributed by atoms with Gasteiger partial charge in [-0.3, -0.25) is 0 Å². The molecule has 0 aliphatic rings. The minimum Gasteiger partial charge on any atom is -0.334 e. The van der Waals surface area contributed by atoms with Crippen LogP contribution in [0.2, 0.25) is 0 Å². The van der Waals surface area contributed by atoms with Crippen molar-refractivity contribution in [1.29, 1.82) is 0 Å². The highest BCUT2D eigenvalue weighted by atomic mass is 32.1. The van der Waals surface area contributed by atoms with Crippen LogP contribution in [-0.4, -0.2) is 16.1 Å². The van der Waals surface area contributed by atoms with E-state index < -0.39 is 0 Å². The van der Waals surface area contributed by atoms with Crippen LogP contribution in [0.25, 0.3) is 0 Å². The summed E-state index contributed by atoms with van der Waals surface area (Å²) >= 11 is 1.75. The fourth-order valence-electron chi connectivity index (χ4n) is 2.06. The van der Waals surface area contributed by atoms with Crippen molar-refractivity contribution in [3.63, 3.8) is 0 Å². The molecule has 0 saturated carbocycles. The average molecular weight is 249 g/mol. The Morgan fingerprint density at radius 2 is 2.24 bits per heavy atom. The van der Waals surface area contributed by atoms with Crippen molar-refractivity contribution in [2.75, 3.05) is 6.54 Å². The van der Waals surface area contributed by atoms with E-state index in [1.807, 2.05) is 12.4 Å². The van der Waals surface area contributed by atoms with Crippen molar-refractivity contribution in [1.82, 2.24) is 14.9 Å². The standard InChI is InChI=1S/C13H19N3S/c1-4-14-12(11-9-17-8-10(11)3)13-15-6-7-16(13)5-2/h6-9,12,14H,4-5H2,1-3H3. The summed E-state index contributed by atoms with van der Waals surface area (Å²) in [6.45, 7) is 8.34. The monoisotopic (exact) mass is 249 g/mol. The summed E-state index contributed by atoms with van der Waals surface area (Å²) in [6, 6.07) is 0.209. The first-order valence-corrected chi connectivity index (χ1v) is 6.99.